The summed E-state index contributed by atoms with van der Waals surface area (Å²) in [6.45, 7) is 5.10. The number of nitrogens with zero attached hydrogens (tertiary/aromatic N) is 1. The second-order valence-corrected chi connectivity index (χ2v) is 5.05. The van der Waals surface area contributed by atoms with Crippen LogP contribution in [0.15, 0.2) is 10.9 Å². The normalized spacial score (nSPS) is 12.9. The lowest BCUT2D eigenvalue weighted by Crippen LogP contribution is -2.38. The number of nitrogens with one attached hydrogen (secondary N) is 1. The van der Waals surface area contributed by atoms with E-state index in [1.807, 2.05) is 0 Å². The van der Waals surface area contributed by atoms with Crippen LogP contribution in [0.5, 0.6) is 0 Å². The Kier molecular flexibility index (Phi) is 4.06. The Morgan fingerprint density at radius 1 is 1.53 bits per heavy atom. The highest BCUT2D eigenvalue weighted by Crippen LogP contribution is 2.14. The topological polar surface area (TPSA) is 88.5 Å². The zero-order chi connectivity index (χ0) is 13.1. The number of alkyl carbamates (subject to hydrolysis) is 1. The molecule has 1 heterocycles. The number of hydrogen-bond donors (Lipinski definition) is 2. The smallest absolute Gasteiger partial charge is 0.408 e. The Labute approximate surface area is 103 Å². The van der Waals surface area contributed by atoms with Gasteiger partial charge in [0.1, 0.15) is 5.60 Å². The number of carboxylic acid groups (broad SMARTS) is 1. The number of thiazole rings is 1. The molecule has 6 nitrogen and oxygen atoms in total. The molecular weight excluding hydrogens is 244 g/mol. The predicted molar refractivity (Wildman–Crippen MR) is 61.9 cm³/mol. The van der Waals surface area contributed by atoms with Crippen molar-refractivity contribution in [3.8, 4) is 0 Å². The monoisotopic (exact) mass is 258 g/mol. The van der Waals surface area contributed by atoms with E-state index in [9.17, 15) is 9.59 Å². The molecule has 0 fully saturated rings. The number of rotatable bonds is 3. The van der Waals surface area contributed by atoms with Crippen molar-refractivity contribution in [2.24, 2.45) is 0 Å². The molecule has 1 aromatic heterocycles. The molecule has 94 valence electrons. The van der Waals surface area contributed by atoms with Crippen LogP contribution in [-0.2, 0) is 9.53 Å². The molecule has 1 aromatic rings. The van der Waals surface area contributed by atoms with Crippen molar-refractivity contribution in [1.29, 1.82) is 0 Å². The minimum Gasteiger partial charge on any atom is -0.479 e. The fraction of sp³-hybridized carbons (Fsp3) is 0.500. The quantitative estimate of drug-likeness (QED) is 0.862. The maximum atomic E-state index is 11.4. The van der Waals surface area contributed by atoms with Gasteiger partial charge in [0, 0.05) is 5.38 Å². The van der Waals surface area contributed by atoms with Gasteiger partial charge in [-0.3, -0.25) is 0 Å². The molecule has 0 aliphatic heterocycles. The average Bonchev–Trinajstić information content (AvgIpc) is 2.63. The maximum absolute atomic E-state index is 11.4. The molecule has 0 aromatic carbocycles. The Bertz CT molecular complexity index is 397. The molecule has 2 N–H and O–H groups in total. The van der Waals surface area contributed by atoms with E-state index in [0.717, 1.165) is 0 Å². The lowest BCUT2D eigenvalue weighted by molar-refractivity contribution is -0.139. The number of carboxylic acids is 1. The number of carbonyl (C=O) groups excluding carboxylic acids is 1. The predicted octanol–water partition coefficient (Wildman–Crippen LogP) is 1.79. The van der Waals surface area contributed by atoms with Crippen molar-refractivity contribution in [3.05, 3.63) is 16.6 Å². The van der Waals surface area contributed by atoms with Crippen LogP contribution in [-0.4, -0.2) is 27.8 Å². The molecule has 0 saturated heterocycles. The summed E-state index contributed by atoms with van der Waals surface area (Å²) >= 11 is 1.26. The molecule has 1 rings (SSSR count). The summed E-state index contributed by atoms with van der Waals surface area (Å²) in [5.74, 6) is -1.18. The van der Waals surface area contributed by atoms with Gasteiger partial charge in [-0.15, -0.1) is 11.3 Å². The van der Waals surface area contributed by atoms with E-state index in [-0.39, 0.29) is 5.69 Å². The van der Waals surface area contributed by atoms with E-state index in [2.05, 4.69) is 10.3 Å². The lowest BCUT2D eigenvalue weighted by Gasteiger charge is -2.21. The second kappa shape index (κ2) is 5.13. The van der Waals surface area contributed by atoms with Crippen LogP contribution in [0.1, 0.15) is 32.5 Å². The molecule has 17 heavy (non-hydrogen) atoms. The summed E-state index contributed by atoms with van der Waals surface area (Å²) < 4.78 is 4.98. The summed E-state index contributed by atoms with van der Waals surface area (Å²) in [7, 11) is 0. The average molecular weight is 258 g/mol. The lowest BCUT2D eigenvalue weighted by atomic mass is 10.2. The molecule has 0 radical (unpaired) electrons. The van der Waals surface area contributed by atoms with Crippen LogP contribution >= 0.6 is 11.3 Å². The highest BCUT2D eigenvalue weighted by molar-refractivity contribution is 7.07. The summed E-state index contributed by atoms with van der Waals surface area (Å²) in [6.07, 6.45) is -0.780. The van der Waals surface area contributed by atoms with Crippen LogP contribution < -0.4 is 5.32 Å². The van der Waals surface area contributed by atoms with E-state index in [1.54, 1.807) is 26.2 Å². The third kappa shape index (κ3) is 4.39. The molecule has 7 heteroatoms. The van der Waals surface area contributed by atoms with Gasteiger partial charge in [0.05, 0.1) is 11.2 Å². The van der Waals surface area contributed by atoms with Crippen LogP contribution in [0, 0.1) is 0 Å². The minimum atomic E-state index is -1.18. The molecule has 1 atom stereocenters. The Balaban J connectivity index is 2.69. The van der Waals surface area contributed by atoms with E-state index in [1.165, 1.54) is 16.8 Å². The van der Waals surface area contributed by atoms with Gasteiger partial charge < -0.3 is 15.2 Å². The Hall–Kier alpha value is -1.63. The summed E-state index contributed by atoms with van der Waals surface area (Å²) in [4.78, 5) is 26.3. The SMILES string of the molecule is CC(C)(C)OC(=O)N[C@H](C(=O)O)c1cscn1. The summed E-state index contributed by atoms with van der Waals surface area (Å²) in [6, 6.07) is -1.18. The largest absolute Gasteiger partial charge is 0.479 e. The van der Waals surface area contributed by atoms with Crippen molar-refractivity contribution < 1.29 is 19.4 Å². The van der Waals surface area contributed by atoms with Crippen LogP contribution in [0.3, 0.4) is 0 Å². The molecule has 1 amide bonds. The number of hydrogen-bond acceptors (Lipinski definition) is 5. The standard InChI is InChI=1S/C10H14N2O4S/c1-10(2,3)16-9(15)12-7(8(13)14)6-4-17-5-11-6/h4-5,7H,1-3H3,(H,12,15)(H,13,14)/t7-/m0/s1. The number of ether oxygens (including phenoxy) is 1. The molecule has 0 saturated carbocycles. The van der Waals surface area contributed by atoms with Crippen LogP contribution in [0.4, 0.5) is 4.79 Å². The third-order valence-corrected chi connectivity index (χ3v) is 2.26. The zero-order valence-electron chi connectivity index (χ0n) is 9.76. The van der Waals surface area contributed by atoms with Crippen molar-refractivity contribution in [1.82, 2.24) is 10.3 Å². The van der Waals surface area contributed by atoms with E-state index in [0.29, 0.717) is 0 Å². The first kappa shape index (κ1) is 13.4. The van der Waals surface area contributed by atoms with Gasteiger partial charge >= 0.3 is 12.1 Å². The van der Waals surface area contributed by atoms with Crippen molar-refractivity contribution in [2.75, 3.05) is 0 Å². The highest BCUT2D eigenvalue weighted by atomic mass is 32.1. The molecule has 0 spiro atoms. The van der Waals surface area contributed by atoms with Gasteiger partial charge in [-0.1, -0.05) is 0 Å². The van der Waals surface area contributed by atoms with Gasteiger partial charge in [-0.25, -0.2) is 14.6 Å². The van der Waals surface area contributed by atoms with Crippen LogP contribution in [0.25, 0.3) is 0 Å². The van der Waals surface area contributed by atoms with Gasteiger partial charge in [-0.05, 0) is 20.8 Å². The Morgan fingerprint density at radius 3 is 2.59 bits per heavy atom. The summed E-state index contributed by atoms with van der Waals surface area (Å²) in [5.41, 5.74) is 1.12. The first-order chi connectivity index (χ1) is 7.79. The number of carbonyl (C=O) groups is 2. The zero-order valence-corrected chi connectivity index (χ0v) is 10.6. The maximum Gasteiger partial charge on any atom is 0.408 e. The molecule has 0 aliphatic rings. The van der Waals surface area contributed by atoms with Gasteiger partial charge in [-0.2, -0.15) is 0 Å². The minimum absolute atomic E-state index is 0.286. The Morgan fingerprint density at radius 2 is 2.18 bits per heavy atom. The van der Waals surface area contributed by atoms with E-state index in [4.69, 9.17) is 9.84 Å². The second-order valence-electron chi connectivity index (χ2n) is 4.33. The molecule has 0 bridgehead atoms. The summed E-state index contributed by atoms with van der Waals surface area (Å²) in [5, 5.41) is 12.8. The van der Waals surface area contributed by atoms with Gasteiger partial charge in [0.25, 0.3) is 0 Å². The van der Waals surface area contributed by atoms with E-state index < -0.39 is 23.7 Å². The van der Waals surface area contributed by atoms with E-state index >= 15 is 0 Å². The molecule has 0 unspecified atom stereocenters. The van der Waals surface area contributed by atoms with Crippen molar-refractivity contribution in [3.63, 3.8) is 0 Å². The molecule has 0 aliphatic carbocycles. The fourth-order valence-electron chi connectivity index (χ4n) is 1.05. The third-order valence-electron chi connectivity index (χ3n) is 1.66. The van der Waals surface area contributed by atoms with Crippen molar-refractivity contribution in [2.45, 2.75) is 32.4 Å². The first-order valence-electron chi connectivity index (χ1n) is 4.90. The van der Waals surface area contributed by atoms with Gasteiger partial charge in [0.15, 0.2) is 6.04 Å². The number of aliphatic carboxylic acids is 1. The van der Waals surface area contributed by atoms with Crippen LogP contribution in [0.2, 0.25) is 0 Å². The highest BCUT2D eigenvalue weighted by Gasteiger charge is 2.26. The van der Waals surface area contributed by atoms with Gasteiger partial charge in [0.2, 0.25) is 0 Å². The number of aromatic nitrogens is 1. The van der Waals surface area contributed by atoms with Crippen molar-refractivity contribution >= 4 is 23.4 Å². The molecular formula is C10H14N2O4S. The number of amides is 1. The fourth-order valence-corrected chi connectivity index (χ4v) is 1.63. The first-order valence-corrected chi connectivity index (χ1v) is 5.84.